The number of amides is 1. The molecule has 3 rings (SSSR count). The number of benzene rings is 2. The third kappa shape index (κ3) is 3.85. The van der Waals surface area contributed by atoms with Gasteiger partial charge in [-0.15, -0.1) is 0 Å². The van der Waals surface area contributed by atoms with Crippen LogP contribution >= 0.6 is 0 Å². The monoisotopic (exact) mass is 390 g/mol. The molecule has 27 heavy (non-hydrogen) atoms. The maximum Gasteiger partial charge on any atom is 0.267 e. The van der Waals surface area contributed by atoms with Gasteiger partial charge in [-0.1, -0.05) is 18.2 Å². The number of hydrogen-bond acceptors (Lipinski definition) is 5. The van der Waals surface area contributed by atoms with Crippen molar-refractivity contribution in [2.45, 2.75) is 20.0 Å². The van der Waals surface area contributed by atoms with E-state index in [0.29, 0.717) is 22.9 Å². The average Bonchev–Trinajstić information content (AvgIpc) is 2.67. The Hall–Kier alpha value is -2.74. The second-order valence-electron chi connectivity index (χ2n) is 6.20. The van der Waals surface area contributed by atoms with E-state index in [1.807, 2.05) is 13.0 Å². The quantitative estimate of drug-likeness (QED) is 0.848. The van der Waals surface area contributed by atoms with E-state index in [-0.39, 0.29) is 12.3 Å². The highest BCUT2D eigenvalue weighted by atomic mass is 32.2. The van der Waals surface area contributed by atoms with Crippen molar-refractivity contribution in [3.63, 3.8) is 0 Å². The van der Waals surface area contributed by atoms with Crippen molar-refractivity contribution >= 4 is 27.3 Å². The van der Waals surface area contributed by atoms with Crippen molar-refractivity contribution in [1.29, 1.82) is 0 Å². The van der Waals surface area contributed by atoms with E-state index < -0.39 is 22.0 Å². The molecule has 1 heterocycles. The molecule has 1 aliphatic heterocycles. The highest BCUT2D eigenvalue weighted by Gasteiger charge is 2.36. The minimum absolute atomic E-state index is 0.0681. The molecular formula is C19H22N2O5S. The number of sulfonamides is 1. The molecule has 2 aromatic rings. The van der Waals surface area contributed by atoms with Crippen LogP contribution in [0, 0.1) is 6.92 Å². The predicted molar refractivity (Wildman–Crippen MR) is 104 cm³/mol. The topological polar surface area (TPSA) is 84.9 Å². The van der Waals surface area contributed by atoms with Gasteiger partial charge in [-0.3, -0.25) is 9.10 Å². The molecule has 1 N–H and O–H groups in total. The van der Waals surface area contributed by atoms with Crippen LogP contribution in [0.2, 0.25) is 0 Å². The van der Waals surface area contributed by atoms with Gasteiger partial charge in [-0.25, -0.2) is 8.42 Å². The van der Waals surface area contributed by atoms with Gasteiger partial charge in [-0.05, 0) is 43.7 Å². The maximum absolute atomic E-state index is 12.8. The molecule has 0 aromatic heterocycles. The zero-order valence-corrected chi connectivity index (χ0v) is 16.2. The molecule has 7 nitrogen and oxygen atoms in total. The Morgan fingerprint density at radius 2 is 2.04 bits per heavy atom. The van der Waals surface area contributed by atoms with Crippen molar-refractivity contribution in [3.05, 3.63) is 48.0 Å². The molecule has 1 amide bonds. The van der Waals surface area contributed by atoms with Crippen LogP contribution in [0.4, 0.5) is 11.4 Å². The number of hydrogen-bond donors (Lipinski definition) is 1. The zero-order valence-electron chi connectivity index (χ0n) is 15.4. The fraction of sp³-hybridized carbons (Fsp3) is 0.316. The molecule has 0 aliphatic carbocycles. The highest BCUT2D eigenvalue weighted by Crippen LogP contribution is 2.35. The van der Waals surface area contributed by atoms with E-state index in [2.05, 4.69) is 5.32 Å². The number of nitrogens with zero attached hydrogens (tertiary/aromatic N) is 1. The molecule has 0 saturated carbocycles. The molecule has 1 aliphatic rings. The lowest BCUT2D eigenvalue weighted by Crippen LogP contribution is -2.49. The van der Waals surface area contributed by atoms with E-state index in [1.54, 1.807) is 43.3 Å². The van der Waals surface area contributed by atoms with Gasteiger partial charge in [0, 0.05) is 0 Å². The molecule has 0 radical (unpaired) electrons. The average molecular weight is 390 g/mol. The Bertz CT molecular complexity index is 958. The van der Waals surface area contributed by atoms with Gasteiger partial charge < -0.3 is 14.8 Å². The van der Waals surface area contributed by atoms with Gasteiger partial charge >= 0.3 is 0 Å². The summed E-state index contributed by atoms with van der Waals surface area (Å²) in [5.41, 5.74) is 1.91. The Kier molecular flexibility index (Phi) is 5.27. The summed E-state index contributed by atoms with van der Waals surface area (Å²) in [6.07, 6.45) is -0.980. The molecule has 1 atom stereocenters. The summed E-state index contributed by atoms with van der Waals surface area (Å²) in [6, 6.07) is 12.2. The summed E-state index contributed by atoms with van der Waals surface area (Å²) in [5.74, 6) is 0.367. The maximum atomic E-state index is 12.8. The number of carbonyl (C=O) groups is 1. The fourth-order valence-electron chi connectivity index (χ4n) is 2.89. The van der Waals surface area contributed by atoms with E-state index in [9.17, 15) is 13.2 Å². The summed E-state index contributed by atoms with van der Waals surface area (Å²) in [5, 5.41) is 2.78. The number of aryl methyl sites for hydroxylation is 1. The molecule has 2 aromatic carbocycles. The van der Waals surface area contributed by atoms with Crippen LogP contribution in [0.5, 0.6) is 11.5 Å². The SMILES string of the molecule is CCS(=O)(=O)N1C[C@@H](C(=O)Nc2cc(C)ccc2OC)Oc2ccccc21. The smallest absolute Gasteiger partial charge is 0.267 e. The van der Waals surface area contributed by atoms with Crippen LogP contribution in [0.25, 0.3) is 0 Å². The van der Waals surface area contributed by atoms with E-state index in [0.717, 1.165) is 5.56 Å². The van der Waals surface area contributed by atoms with Gasteiger partial charge in [0.1, 0.15) is 11.5 Å². The minimum atomic E-state index is -3.54. The van der Waals surface area contributed by atoms with Gasteiger partial charge in [0.2, 0.25) is 10.0 Å². The van der Waals surface area contributed by atoms with Gasteiger partial charge in [0.15, 0.2) is 6.10 Å². The molecule has 0 saturated heterocycles. The van der Waals surface area contributed by atoms with Crippen molar-refractivity contribution in [3.8, 4) is 11.5 Å². The van der Waals surface area contributed by atoms with Crippen molar-refractivity contribution in [2.75, 3.05) is 29.0 Å². The number of rotatable bonds is 5. The number of para-hydroxylation sites is 2. The first-order valence-electron chi connectivity index (χ1n) is 8.57. The van der Waals surface area contributed by atoms with E-state index in [4.69, 9.17) is 9.47 Å². The zero-order chi connectivity index (χ0) is 19.6. The van der Waals surface area contributed by atoms with Gasteiger partial charge in [-0.2, -0.15) is 0 Å². The second-order valence-corrected chi connectivity index (χ2v) is 8.38. The Morgan fingerprint density at radius 3 is 2.74 bits per heavy atom. The number of fused-ring (bicyclic) bond motifs is 1. The highest BCUT2D eigenvalue weighted by molar-refractivity contribution is 7.92. The number of ether oxygens (including phenoxy) is 2. The van der Waals surface area contributed by atoms with Crippen LogP contribution in [-0.4, -0.2) is 39.8 Å². The normalized spacial score (nSPS) is 16.3. The summed E-state index contributed by atoms with van der Waals surface area (Å²) in [4.78, 5) is 12.8. The Labute approximate surface area is 158 Å². The van der Waals surface area contributed by atoms with Crippen molar-refractivity contribution in [2.24, 2.45) is 0 Å². The largest absolute Gasteiger partial charge is 0.495 e. The summed E-state index contributed by atoms with van der Waals surface area (Å²) < 4.78 is 37.3. The third-order valence-electron chi connectivity index (χ3n) is 4.34. The molecule has 0 bridgehead atoms. The summed E-state index contributed by atoms with van der Waals surface area (Å²) in [6.45, 7) is 3.38. The number of methoxy groups -OCH3 is 1. The van der Waals surface area contributed by atoms with Crippen molar-refractivity contribution < 1.29 is 22.7 Å². The van der Waals surface area contributed by atoms with Crippen LogP contribution in [0.1, 0.15) is 12.5 Å². The lowest BCUT2D eigenvalue weighted by Gasteiger charge is -2.34. The first-order chi connectivity index (χ1) is 12.9. The lowest BCUT2D eigenvalue weighted by atomic mass is 10.2. The van der Waals surface area contributed by atoms with Crippen LogP contribution < -0.4 is 19.1 Å². The lowest BCUT2D eigenvalue weighted by molar-refractivity contribution is -0.122. The first-order valence-corrected chi connectivity index (χ1v) is 10.2. The van der Waals surface area contributed by atoms with Gasteiger partial charge in [0.25, 0.3) is 5.91 Å². The molecular weight excluding hydrogens is 368 g/mol. The van der Waals surface area contributed by atoms with E-state index in [1.165, 1.54) is 11.4 Å². The molecule has 8 heteroatoms. The van der Waals surface area contributed by atoms with Crippen LogP contribution in [-0.2, 0) is 14.8 Å². The molecule has 0 spiro atoms. The van der Waals surface area contributed by atoms with Crippen LogP contribution in [0.3, 0.4) is 0 Å². The molecule has 0 unspecified atom stereocenters. The summed E-state index contributed by atoms with van der Waals surface area (Å²) in [7, 11) is -2.03. The fourth-order valence-corrected chi connectivity index (χ4v) is 4.02. The Morgan fingerprint density at radius 1 is 1.30 bits per heavy atom. The molecule has 144 valence electrons. The Balaban J connectivity index is 1.90. The number of anilines is 2. The number of carbonyl (C=O) groups excluding carboxylic acids is 1. The summed E-state index contributed by atoms with van der Waals surface area (Å²) >= 11 is 0. The third-order valence-corrected chi connectivity index (χ3v) is 6.09. The van der Waals surface area contributed by atoms with Crippen LogP contribution in [0.15, 0.2) is 42.5 Å². The predicted octanol–water partition coefficient (Wildman–Crippen LogP) is 2.56. The number of nitrogens with one attached hydrogen (secondary N) is 1. The molecule has 0 fully saturated rings. The van der Waals surface area contributed by atoms with Crippen molar-refractivity contribution in [1.82, 2.24) is 0 Å². The second kappa shape index (κ2) is 7.48. The van der Waals surface area contributed by atoms with Gasteiger partial charge in [0.05, 0.1) is 30.8 Å². The van der Waals surface area contributed by atoms with E-state index >= 15 is 0 Å². The standard InChI is InChI=1S/C19H22N2O5S/c1-4-27(23,24)21-12-18(26-17-8-6-5-7-15(17)21)19(22)20-14-11-13(2)9-10-16(14)25-3/h5-11,18H,4,12H2,1-3H3,(H,20,22)/t18-/m0/s1. The minimum Gasteiger partial charge on any atom is -0.495 e. The first kappa shape index (κ1) is 19.0.